The fraction of sp³-hybridized carbons (Fsp3) is 0.297. The van der Waals surface area contributed by atoms with Crippen LogP contribution in [0.3, 0.4) is 0 Å². The lowest BCUT2D eigenvalue weighted by Gasteiger charge is -2.18. The Labute approximate surface area is 268 Å². The Bertz CT molecular complexity index is 1680. The van der Waals surface area contributed by atoms with E-state index in [0.29, 0.717) is 45.1 Å². The Balaban J connectivity index is 1.96. The van der Waals surface area contributed by atoms with Crippen LogP contribution in [0.2, 0.25) is 0 Å². The first-order valence-electron chi connectivity index (χ1n) is 15.0. The van der Waals surface area contributed by atoms with Crippen LogP contribution >= 0.6 is 0 Å². The van der Waals surface area contributed by atoms with Crippen molar-refractivity contribution in [3.05, 3.63) is 102 Å². The van der Waals surface area contributed by atoms with Gasteiger partial charge in [0, 0.05) is 41.3 Å². The number of hydrogen-bond donors (Lipinski definition) is 2. The molecule has 0 aliphatic rings. The Morgan fingerprint density at radius 1 is 0.870 bits per heavy atom. The van der Waals surface area contributed by atoms with Crippen LogP contribution in [0.5, 0.6) is 11.5 Å². The van der Waals surface area contributed by atoms with E-state index in [1.807, 2.05) is 54.8 Å². The van der Waals surface area contributed by atoms with Gasteiger partial charge < -0.3 is 29.0 Å². The summed E-state index contributed by atoms with van der Waals surface area (Å²) in [6.07, 6.45) is 0.652. The molecule has 0 bridgehead atoms. The van der Waals surface area contributed by atoms with Gasteiger partial charge in [-0.15, -0.1) is 0 Å². The minimum absolute atomic E-state index is 0.00526. The number of carbonyl (C=O) groups is 2. The molecule has 0 amide bonds. The number of nitrogens with zero attached hydrogens (tertiary/aromatic N) is 1. The van der Waals surface area contributed by atoms with Crippen LogP contribution in [0.1, 0.15) is 54.5 Å². The first-order valence-corrected chi connectivity index (χ1v) is 15.0. The lowest BCUT2D eigenvalue weighted by molar-refractivity contribution is -0.143. The molecule has 0 fully saturated rings. The largest absolute Gasteiger partial charge is 0.493 e. The summed E-state index contributed by atoms with van der Waals surface area (Å²) in [5.74, 6) is -0.193. The van der Waals surface area contributed by atoms with Crippen molar-refractivity contribution in [1.82, 2.24) is 4.57 Å². The fourth-order valence-electron chi connectivity index (χ4n) is 5.64. The maximum atomic E-state index is 14.5. The number of halogens is 1. The van der Waals surface area contributed by atoms with Gasteiger partial charge in [0.05, 0.1) is 45.7 Å². The molecule has 0 aliphatic carbocycles. The number of ketones is 1. The first kappa shape index (κ1) is 34.1. The highest BCUT2D eigenvalue weighted by atomic mass is 19.1. The van der Waals surface area contributed by atoms with Gasteiger partial charge >= 0.3 is 5.97 Å². The van der Waals surface area contributed by atoms with Crippen molar-refractivity contribution in [1.29, 1.82) is 0 Å². The van der Waals surface area contributed by atoms with Gasteiger partial charge in [-0.3, -0.25) is 9.59 Å². The van der Waals surface area contributed by atoms with E-state index in [-0.39, 0.29) is 31.1 Å². The molecule has 1 heterocycles. The number of ether oxygens (including phenoxy) is 3. The van der Waals surface area contributed by atoms with E-state index >= 15 is 0 Å². The molecule has 8 nitrogen and oxygen atoms in total. The molecule has 0 saturated carbocycles. The van der Waals surface area contributed by atoms with Gasteiger partial charge in [-0.25, -0.2) is 4.39 Å². The lowest BCUT2D eigenvalue weighted by Crippen LogP contribution is -2.20. The van der Waals surface area contributed by atoms with E-state index in [1.165, 1.54) is 39.5 Å². The summed E-state index contributed by atoms with van der Waals surface area (Å²) in [7, 11) is 4.30. The molecule has 0 spiro atoms. The number of Topliss-reactive ketones (excluding diaryl/α,β-unsaturated/α-hetero) is 1. The Morgan fingerprint density at radius 3 is 2.15 bits per heavy atom. The van der Waals surface area contributed by atoms with Gasteiger partial charge in [-0.05, 0) is 49.2 Å². The van der Waals surface area contributed by atoms with Gasteiger partial charge in [0.1, 0.15) is 5.82 Å². The van der Waals surface area contributed by atoms with Crippen LogP contribution in [0, 0.1) is 5.82 Å². The summed E-state index contributed by atoms with van der Waals surface area (Å²) in [5, 5.41) is 21.2. The average molecular weight is 630 g/mol. The molecule has 1 aromatic heterocycles. The fourth-order valence-corrected chi connectivity index (χ4v) is 5.64. The second kappa shape index (κ2) is 15.5. The smallest absolute Gasteiger partial charge is 0.308 e. The monoisotopic (exact) mass is 629 g/mol. The van der Waals surface area contributed by atoms with Crippen LogP contribution in [-0.4, -0.2) is 60.1 Å². The lowest BCUT2D eigenvalue weighted by atomic mass is 9.92. The summed E-state index contributed by atoms with van der Waals surface area (Å²) < 4.78 is 31.8. The summed E-state index contributed by atoms with van der Waals surface area (Å²) >= 11 is 0. The summed E-state index contributed by atoms with van der Waals surface area (Å²) in [5.41, 5.74) is 4.50. The number of carbonyl (C=O) groups excluding carboxylic acids is 2. The van der Waals surface area contributed by atoms with Crippen LogP contribution in [0.25, 0.3) is 28.3 Å². The number of methoxy groups -OCH3 is 3. The number of hydrogen-bond acceptors (Lipinski definition) is 7. The van der Waals surface area contributed by atoms with Crippen LogP contribution in [0.4, 0.5) is 4.39 Å². The standard InChI is InChI=1S/C37H40FNO7/c1-23(2)39-30(19-18-28(40)21-29(41)22-33(43)45-4)34(25-14-16-27(38)17-15-25)35(24-10-7-6-8-11-24)36(39)31(42)20-26-12-9-13-32(44-3)37(26)46-5/h6-19,23,28-29,40-41H,20-22H2,1-5H3/t28-,29-/m1/s1. The van der Waals surface area contributed by atoms with Gasteiger partial charge in [-0.2, -0.15) is 0 Å². The van der Waals surface area contributed by atoms with Crippen molar-refractivity contribution in [3.63, 3.8) is 0 Å². The van der Waals surface area contributed by atoms with Gasteiger partial charge in [0.25, 0.3) is 0 Å². The van der Waals surface area contributed by atoms with E-state index in [0.717, 1.165) is 5.56 Å². The molecule has 2 atom stereocenters. The second-order valence-corrected chi connectivity index (χ2v) is 11.2. The third kappa shape index (κ3) is 7.73. The first-order chi connectivity index (χ1) is 22.1. The van der Waals surface area contributed by atoms with Crippen molar-refractivity contribution in [2.45, 2.75) is 51.4 Å². The third-order valence-corrected chi connectivity index (χ3v) is 7.67. The summed E-state index contributed by atoms with van der Waals surface area (Å²) in [4.78, 5) is 26.2. The number of rotatable bonds is 14. The summed E-state index contributed by atoms with van der Waals surface area (Å²) in [6, 6.07) is 20.7. The molecule has 4 aromatic rings. The van der Waals surface area contributed by atoms with Crippen molar-refractivity contribution >= 4 is 17.8 Å². The number of para-hydroxylation sites is 1. The normalized spacial score (nSPS) is 12.7. The molecule has 0 radical (unpaired) electrons. The quantitative estimate of drug-likeness (QED) is 0.118. The van der Waals surface area contributed by atoms with Crippen molar-refractivity contribution in [2.24, 2.45) is 0 Å². The minimum Gasteiger partial charge on any atom is -0.493 e. The minimum atomic E-state index is -1.12. The van der Waals surface area contributed by atoms with Crippen LogP contribution in [-0.2, 0) is 16.0 Å². The van der Waals surface area contributed by atoms with Crippen LogP contribution < -0.4 is 9.47 Å². The molecule has 46 heavy (non-hydrogen) atoms. The summed E-state index contributed by atoms with van der Waals surface area (Å²) in [6.45, 7) is 3.92. The van der Waals surface area contributed by atoms with E-state index in [4.69, 9.17) is 9.47 Å². The zero-order valence-electron chi connectivity index (χ0n) is 26.7. The maximum absolute atomic E-state index is 14.5. The molecule has 0 saturated heterocycles. The molecule has 0 unspecified atom stereocenters. The van der Waals surface area contributed by atoms with E-state index in [9.17, 15) is 24.2 Å². The second-order valence-electron chi connectivity index (χ2n) is 11.2. The molecule has 4 rings (SSSR count). The average Bonchev–Trinajstić information content (AvgIpc) is 3.39. The molecule has 2 N–H and O–H groups in total. The molecule has 3 aromatic carbocycles. The number of benzene rings is 3. The highest BCUT2D eigenvalue weighted by molar-refractivity contribution is 6.08. The topological polar surface area (TPSA) is 107 Å². The Kier molecular flexibility index (Phi) is 11.5. The predicted octanol–water partition coefficient (Wildman–Crippen LogP) is 6.67. The highest BCUT2D eigenvalue weighted by Gasteiger charge is 2.30. The Hall–Kier alpha value is -4.73. The predicted molar refractivity (Wildman–Crippen MR) is 176 cm³/mol. The molecular formula is C37H40FNO7. The maximum Gasteiger partial charge on any atom is 0.308 e. The van der Waals surface area contributed by atoms with Gasteiger partial charge in [0.2, 0.25) is 0 Å². The van der Waals surface area contributed by atoms with Crippen molar-refractivity contribution in [2.75, 3.05) is 21.3 Å². The van der Waals surface area contributed by atoms with E-state index in [1.54, 1.807) is 30.3 Å². The van der Waals surface area contributed by atoms with Crippen molar-refractivity contribution in [3.8, 4) is 33.8 Å². The number of aromatic nitrogens is 1. The van der Waals surface area contributed by atoms with Gasteiger partial charge in [-0.1, -0.05) is 60.7 Å². The van der Waals surface area contributed by atoms with Gasteiger partial charge in [0.15, 0.2) is 17.3 Å². The molecule has 242 valence electrons. The Morgan fingerprint density at radius 2 is 1.54 bits per heavy atom. The van der Waals surface area contributed by atoms with Crippen LogP contribution in [0.15, 0.2) is 78.9 Å². The number of aliphatic hydroxyl groups is 2. The number of esters is 1. The highest BCUT2D eigenvalue weighted by Crippen LogP contribution is 2.43. The van der Waals surface area contributed by atoms with E-state index in [2.05, 4.69) is 4.74 Å². The molecule has 9 heteroatoms. The number of aliphatic hydroxyl groups excluding tert-OH is 2. The van der Waals surface area contributed by atoms with Crippen molar-refractivity contribution < 1.29 is 38.4 Å². The molecular weight excluding hydrogens is 589 g/mol. The van der Waals surface area contributed by atoms with E-state index < -0.39 is 24.0 Å². The zero-order chi connectivity index (χ0) is 33.4. The molecule has 0 aliphatic heterocycles. The third-order valence-electron chi connectivity index (χ3n) is 7.67. The zero-order valence-corrected chi connectivity index (χ0v) is 26.7. The SMILES string of the molecule is COC(=O)C[C@H](O)C[C@H](O)C=Cc1c(-c2ccc(F)cc2)c(-c2ccccc2)c(C(=O)Cc2cccc(OC)c2OC)n1C(C)C.